The molecule has 18 heavy (non-hydrogen) atoms. The number of nitrogens with one attached hydrogen (secondary N) is 1. The van der Waals surface area contributed by atoms with Gasteiger partial charge in [-0.15, -0.1) is 0 Å². The van der Waals surface area contributed by atoms with Crippen LogP contribution in [-0.2, 0) is 4.79 Å². The Bertz CT molecular complexity index is 464. The van der Waals surface area contributed by atoms with Gasteiger partial charge in [-0.2, -0.15) is 0 Å². The lowest BCUT2D eigenvalue weighted by Gasteiger charge is -2.09. The fourth-order valence-corrected chi connectivity index (χ4v) is 1.20. The van der Waals surface area contributed by atoms with Crippen LogP contribution in [0.4, 0.5) is 4.39 Å². The van der Waals surface area contributed by atoms with Gasteiger partial charge in [-0.25, -0.2) is 4.39 Å². The first kappa shape index (κ1) is 13.9. The zero-order valence-corrected chi connectivity index (χ0v) is 9.64. The second-order valence-corrected chi connectivity index (χ2v) is 3.48. The van der Waals surface area contributed by atoms with Crippen molar-refractivity contribution in [2.24, 2.45) is 5.73 Å². The van der Waals surface area contributed by atoms with Gasteiger partial charge in [0.1, 0.15) is 6.10 Å². The molecule has 1 atom stereocenters. The van der Waals surface area contributed by atoms with E-state index in [1.54, 1.807) is 0 Å². The lowest BCUT2D eigenvalue weighted by Crippen LogP contribution is -2.39. The van der Waals surface area contributed by atoms with Crippen LogP contribution in [0.3, 0.4) is 0 Å². The molecule has 0 spiro atoms. The minimum absolute atomic E-state index is 0.0173. The largest absolute Gasteiger partial charge is 0.494 e. The maximum atomic E-state index is 13.3. The van der Waals surface area contributed by atoms with Gasteiger partial charge in [0.05, 0.1) is 13.7 Å². The Morgan fingerprint density at radius 3 is 2.72 bits per heavy atom. The summed E-state index contributed by atoms with van der Waals surface area (Å²) in [6, 6.07) is 3.65. The van der Waals surface area contributed by atoms with Crippen molar-refractivity contribution in [1.82, 2.24) is 5.32 Å². The number of aliphatic hydroxyl groups excluding tert-OH is 1. The van der Waals surface area contributed by atoms with Gasteiger partial charge in [0.15, 0.2) is 11.6 Å². The molecule has 1 unspecified atom stereocenters. The molecule has 1 rings (SSSR count). The molecule has 0 saturated heterocycles. The number of halogens is 1. The van der Waals surface area contributed by atoms with Gasteiger partial charge >= 0.3 is 0 Å². The summed E-state index contributed by atoms with van der Waals surface area (Å²) in [6.07, 6.45) is -1.47. The number of hydrogen-bond donors (Lipinski definition) is 3. The van der Waals surface area contributed by atoms with E-state index in [1.807, 2.05) is 0 Å². The second kappa shape index (κ2) is 5.97. The van der Waals surface area contributed by atoms with Gasteiger partial charge < -0.3 is 20.9 Å². The number of ether oxygens (including phenoxy) is 1. The van der Waals surface area contributed by atoms with Crippen molar-refractivity contribution in [3.8, 4) is 5.75 Å². The lowest BCUT2D eigenvalue weighted by atomic mass is 10.2. The first-order valence-electron chi connectivity index (χ1n) is 5.04. The van der Waals surface area contributed by atoms with Crippen LogP contribution < -0.4 is 15.8 Å². The Labute approximate surface area is 103 Å². The highest BCUT2D eigenvalue weighted by Crippen LogP contribution is 2.17. The van der Waals surface area contributed by atoms with Crippen molar-refractivity contribution in [2.45, 2.75) is 6.10 Å². The summed E-state index contributed by atoms with van der Waals surface area (Å²) < 4.78 is 18.0. The van der Waals surface area contributed by atoms with Crippen LogP contribution in [-0.4, -0.2) is 36.7 Å². The van der Waals surface area contributed by atoms with Gasteiger partial charge in [-0.05, 0) is 18.2 Å². The van der Waals surface area contributed by atoms with Crippen molar-refractivity contribution in [3.63, 3.8) is 0 Å². The molecule has 0 radical (unpaired) electrons. The maximum Gasteiger partial charge on any atom is 0.251 e. The topological polar surface area (TPSA) is 102 Å². The van der Waals surface area contributed by atoms with Crippen LogP contribution in [0.15, 0.2) is 18.2 Å². The summed E-state index contributed by atoms with van der Waals surface area (Å²) in [4.78, 5) is 22.1. The molecule has 7 heteroatoms. The molecule has 6 nitrogen and oxygen atoms in total. The maximum absolute atomic E-state index is 13.3. The van der Waals surface area contributed by atoms with Crippen molar-refractivity contribution < 1.29 is 23.8 Å². The fraction of sp³-hybridized carbons (Fsp3) is 0.273. The third-order valence-corrected chi connectivity index (χ3v) is 2.20. The number of carbonyl (C=O) groups excluding carboxylic acids is 2. The van der Waals surface area contributed by atoms with Crippen LogP contribution >= 0.6 is 0 Å². The number of methoxy groups -OCH3 is 1. The molecule has 2 amide bonds. The SMILES string of the molecule is COc1ccc(C(=O)NCC(O)C(N)=O)cc1F. The minimum atomic E-state index is -1.47. The molecule has 0 aromatic heterocycles. The van der Waals surface area contributed by atoms with Gasteiger partial charge in [-0.3, -0.25) is 9.59 Å². The summed E-state index contributed by atoms with van der Waals surface area (Å²) in [7, 11) is 1.31. The fourth-order valence-electron chi connectivity index (χ4n) is 1.20. The quantitative estimate of drug-likeness (QED) is 0.655. The summed E-state index contributed by atoms with van der Waals surface area (Å²) in [6.45, 7) is -0.332. The zero-order chi connectivity index (χ0) is 13.7. The molecule has 0 saturated carbocycles. The number of hydrogen-bond acceptors (Lipinski definition) is 4. The van der Waals surface area contributed by atoms with Crippen LogP contribution in [0.1, 0.15) is 10.4 Å². The second-order valence-electron chi connectivity index (χ2n) is 3.48. The van der Waals surface area contributed by atoms with Gasteiger partial charge in [0.2, 0.25) is 5.91 Å². The molecule has 0 bridgehead atoms. The predicted octanol–water partition coefficient (Wildman–Crippen LogP) is -0.590. The predicted molar refractivity (Wildman–Crippen MR) is 60.5 cm³/mol. The summed E-state index contributed by atoms with van der Waals surface area (Å²) in [5, 5.41) is 11.3. The Morgan fingerprint density at radius 2 is 2.22 bits per heavy atom. The van der Waals surface area contributed by atoms with Crippen LogP contribution in [0, 0.1) is 5.82 Å². The summed E-state index contributed by atoms with van der Waals surface area (Å²) in [5.74, 6) is -2.24. The summed E-state index contributed by atoms with van der Waals surface area (Å²) >= 11 is 0. The highest BCUT2D eigenvalue weighted by atomic mass is 19.1. The van der Waals surface area contributed by atoms with E-state index in [0.717, 1.165) is 6.07 Å². The number of aliphatic hydroxyl groups is 1. The van der Waals surface area contributed by atoms with Gasteiger partial charge in [0.25, 0.3) is 5.91 Å². The van der Waals surface area contributed by atoms with E-state index in [4.69, 9.17) is 15.6 Å². The Morgan fingerprint density at radius 1 is 1.56 bits per heavy atom. The standard InChI is InChI=1S/C11H13FN2O4/c1-18-9-3-2-6(4-7(9)12)11(17)14-5-8(15)10(13)16/h2-4,8,15H,5H2,1H3,(H2,13,16)(H,14,17). The average Bonchev–Trinajstić information content (AvgIpc) is 2.35. The number of benzene rings is 1. The molecule has 0 fully saturated rings. The molecular formula is C11H13FN2O4. The molecule has 0 aliphatic rings. The van der Waals surface area contributed by atoms with E-state index in [2.05, 4.69) is 5.32 Å². The molecule has 0 aliphatic carbocycles. The van der Waals surface area contributed by atoms with E-state index in [9.17, 15) is 14.0 Å². The lowest BCUT2D eigenvalue weighted by molar-refractivity contribution is -0.125. The van der Waals surface area contributed by atoms with Crippen LogP contribution in [0.2, 0.25) is 0 Å². The van der Waals surface area contributed by atoms with Crippen LogP contribution in [0.25, 0.3) is 0 Å². The Balaban J connectivity index is 2.67. The molecular weight excluding hydrogens is 243 g/mol. The first-order valence-corrected chi connectivity index (χ1v) is 5.04. The van der Waals surface area contributed by atoms with E-state index >= 15 is 0 Å². The third-order valence-electron chi connectivity index (χ3n) is 2.20. The summed E-state index contributed by atoms with van der Waals surface area (Å²) in [5.41, 5.74) is 4.85. The highest BCUT2D eigenvalue weighted by Gasteiger charge is 2.14. The monoisotopic (exact) mass is 256 g/mol. The van der Waals surface area contributed by atoms with Crippen molar-refractivity contribution in [1.29, 1.82) is 0 Å². The molecule has 1 aromatic carbocycles. The van der Waals surface area contributed by atoms with Gasteiger partial charge in [0, 0.05) is 5.56 Å². The normalized spacial score (nSPS) is 11.7. The molecule has 4 N–H and O–H groups in total. The number of primary amides is 1. The molecule has 0 heterocycles. The Kier molecular flexibility index (Phi) is 4.61. The smallest absolute Gasteiger partial charge is 0.251 e. The number of amides is 2. The van der Waals surface area contributed by atoms with E-state index in [0.29, 0.717) is 0 Å². The number of carbonyl (C=O) groups is 2. The Hall–Kier alpha value is -2.15. The van der Waals surface area contributed by atoms with Crippen molar-refractivity contribution >= 4 is 11.8 Å². The number of rotatable bonds is 5. The number of nitrogens with two attached hydrogens (primary N) is 1. The van der Waals surface area contributed by atoms with Crippen LogP contribution in [0.5, 0.6) is 5.75 Å². The van der Waals surface area contributed by atoms with Gasteiger partial charge in [-0.1, -0.05) is 0 Å². The van der Waals surface area contributed by atoms with E-state index < -0.39 is 23.7 Å². The minimum Gasteiger partial charge on any atom is -0.494 e. The third kappa shape index (κ3) is 3.42. The van der Waals surface area contributed by atoms with E-state index in [1.165, 1.54) is 19.2 Å². The molecule has 1 aromatic rings. The average molecular weight is 256 g/mol. The zero-order valence-electron chi connectivity index (χ0n) is 9.64. The first-order chi connectivity index (χ1) is 8.45. The molecule has 0 aliphatic heterocycles. The molecule has 98 valence electrons. The van der Waals surface area contributed by atoms with Crippen molar-refractivity contribution in [3.05, 3.63) is 29.6 Å². The van der Waals surface area contributed by atoms with Crippen molar-refractivity contribution in [2.75, 3.05) is 13.7 Å². The highest BCUT2D eigenvalue weighted by molar-refractivity contribution is 5.94. The van der Waals surface area contributed by atoms with E-state index in [-0.39, 0.29) is 17.9 Å².